The average Bonchev–Trinajstić information content (AvgIpc) is 3.58. The van der Waals surface area contributed by atoms with E-state index in [4.69, 9.17) is 37.0 Å². The number of aliphatic hydroxyl groups excluding tert-OH is 1. The van der Waals surface area contributed by atoms with Crippen LogP contribution < -0.4 is 0 Å². The molecule has 0 fully saturated rings. The van der Waals surface area contributed by atoms with Gasteiger partial charge in [-0.15, -0.1) is 0 Å². The lowest BCUT2D eigenvalue weighted by Gasteiger charge is -2.21. The number of phosphoric ester groups is 2. The van der Waals surface area contributed by atoms with Gasteiger partial charge in [-0.1, -0.05) is 274 Å². The summed E-state index contributed by atoms with van der Waals surface area (Å²) in [6.07, 6.45) is 38.0. The van der Waals surface area contributed by atoms with E-state index in [1.54, 1.807) is 0 Å². The molecule has 6 atom stereocenters. The highest BCUT2D eigenvalue weighted by molar-refractivity contribution is 7.47. The van der Waals surface area contributed by atoms with Gasteiger partial charge < -0.3 is 33.8 Å². The van der Waals surface area contributed by atoms with Crippen LogP contribution in [0.15, 0.2) is 0 Å². The molecule has 86 heavy (non-hydrogen) atoms. The maximum absolute atomic E-state index is 13.0. The van der Waals surface area contributed by atoms with Crippen molar-refractivity contribution in [3.8, 4) is 0 Å². The van der Waals surface area contributed by atoms with Gasteiger partial charge in [0.25, 0.3) is 0 Å². The molecule has 0 aliphatic carbocycles. The van der Waals surface area contributed by atoms with Crippen molar-refractivity contribution in [2.75, 3.05) is 39.6 Å². The second-order valence-corrected chi connectivity index (χ2v) is 28.8. The first-order valence-electron chi connectivity index (χ1n) is 34.7. The van der Waals surface area contributed by atoms with Gasteiger partial charge in [-0.3, -0.25) is 37.3 Å². The van der Waals surface area contributed by atoms with Gasteiger partial charge in [0.1, 0.15) is 19.3 Å². The monoisotopic (exact) mass is 1270 g/mol. The Morgan fingerprint density at radius 1 is 0.326 bits per heavy atom. The van der Waals surface area contributed by atoms with Crippen LogP contribution in [-0.2, 0) is 65.4 Å². The predicted molar refractivity (Wildman–Crippen MR) is 344 cm³/mol. The van der Waals surface area contributed by atoms with Crippen LogP contribution in [0.5, 0.6) is 0 Å². The number of aliphatic hydroxyl groups is 1. The summed E-state index contributed by atoms with van der Waals surface area (Å²) in [7, 11) is -9.89. The number of phosphoric acid groups is 2. The number of hydrogen-bond acceptors (Lipinski definition) is 15. The van der Waals surface area contributed by atoms with Crippen LogP contribution in [0, 0.1) is 23.7 Å². The largest absolute Gasteiger partial charge is 0.472 e. The first-order valence-corrected chi connectivity index (χ1v) is 37.7. The third-order valence-corrected chi connectivity index (χ3v) is 17.6. The van der Waals surface area contributed by atoms with E-state index in [-0.39, 0.29) is 25.7 Å². The lowest BCUT2D eigenvalue weighted by Crippen LogP contribution is -2.30. The quantitative estimate of drug-likeness (QED) is 0.0222. The van der Waals surface area contributed by atoms with Crippen LogP contribution in [-0.4, -0.2) is 96.7 Å². The molecule has 0 aromatic carbocycles. The molecule has 19 heteroatoms. The number of carbonyl (C=O) groups is 4. The Morgan fingerprint density at radius 3 is 0.826 bits per heavy atom. The van der Waals surface area contributed by atoms with Gasteiger partial charge in [0, 0.05) is 25.7 Å². The summed E-state index contributed by atoms with van der Waals surface area (Å²) >= 11 is 0. The molecule has 0 rings (SSSR count). The van der Waals surface area contributed by atoms with Crippen molar-refractivity contribution in [3.05, 3.63) is 0 Å². The maximum Gasteiger partial charge on any atom is 0.472 e. The fourth-order valence-corrected chi connectivity index (χ4v) is 11.5. The molecule has 17 nitrogen and oxygen atoms in total. The molecule has 0 spiro atoms. The highest BCUT2D eigenvalue weighted by Gasteiger charge is 2.30. The third-order valence-electron chi connectivity index (χ3n) is 15.7. The van der Waals surface area contributed by atoms with Gasteiger partial charge in [-0.2, -0.15) is 0 Å². The minimum atomic E-state index is -4.95. The minimum Gasteiger partial charge on any atom is -0.462 e. The van der Waals surface area contributed by atoms with Crippen LogP contribution in [0.2, 0.25) is 0 Å². The molecule has 0 aromatic heterocycles. The van der Waals surface area contributed by atoms with E-state index in [0.29, 0.717) is 37.5 Å². The van der Waals surface area contributed by atoms with Gasteiger partial charge >= 0.3 is 39.5 Å². The highest BCUT2D eigenvalue weighted by atomic mass is 31.2. The average molecular weight is 1270 g/mol. The lowest BCUT2D eigenvalue weighted by atomic mass is 10.00. The zero-order valence-corrected chi connectivity index (χ0v) is 57.7. The molecular weight excluding hydrogens is 1140 g/mol. The first-order chi connectivity index (χ1) is 41.1. The molecule has 0 bridgehead atoms. The summed E-state index contributed by atoms with van der Waals surface area (Å²) in [4.78, 5) is 72.3. The molecule has 0 aliphatic rings. The van der Waals surface area contributed by atoms with Crippen molar-refractivity contribution in [2.24, 2.45) is 23.7 Å². The van der Waals surface area contributed by atoms with Crippen molar-refractivity contribution in [1.29, 1.82) is 0 Å². The van der Waals surface area contributed by atoms with Gasteiger partial charge in [-0.25, -0.2) is 9.13 Å². The zero-order valence-electron chi connectivity index (χ0n) is 55.9. The number of carbonyl (C=O) groups excluding carboxylic acids is 4. The van der Waals surface area contributed by atoms with Crippen molar-refractivity contribution in [2.45, 2.75) is 343 Å². The summed E-state index contributed by atoms with van der Waals surface area (Å²) in [5, 5.41) is 10.5. The van der Waals surface area contributed by atoms with E-state index >= 15 is 0 Å². The Hall–Kier alpha value is -1.94. The summed E-state index contributed by atoms with van der Waals surface area (Å²) < 4.78 is 68.0. The summed E-state index contributed by atoms with van der Waals surface area (Å²) in [6.45, 7) is 13.9. The minimum absolute atomic E-state index is 0.101. The van der Waals surface area contributed by atoms with Gasteiger partial charge in [0.2, 0.25) is 0 Å². The smallest absolute Gasteiger partial charge is 0.462 e. The van der Waals surface area contributed by atoms with Crippen molar-refractivity contribution >= 4 is 39.5 Å². The molecule has 0 heterocycles. The van der Waals surface area contributed by atoms with Crippen molar-refractivity contribution in [1.82, 2.24) is 0 Å². The van der Waals surface area contributed by atoms with E-state index in [9.17, 15) is 43.2 Å². The summed E-state index contributed by atoms with van der Waals surface area (Å²) in [6, 6.07) is 0. The first kappa shape index (κ1) is 84.1. The third kappa shape index (κ3) is 59.7. The van der Waals surface area contributed by atoms with E-state index in [0.717, 1.165) is 115 Å². The van der Waals surface area contributed by atoms with E-state index in [1.807, 2.05) is 0 Å². The van der Waals surface area contributed by atoms with Crippen LogP contribution in [0.1, 0.15) is 325 Å². The normalized spacial score (nSPS) is 14.7. The van der Waals surface area contributed by atoms with E-state index in [1.165, 1.54) is 116 Å². The zero-order chi connectivity index (χ0) is 63.9. The van der Waals surface area contributed by atoms with Crippen LogP contribution in [0.4, 0.5) is 0 Å². The molecule has 3 unspecified atom stereocenters. The van der Waals surface area contributed by atoms with Gasteiger partial charge in [0.05, 0.1) is 26.4 Å². The van der Waals surface area contributed by atoms with Crippen molar-refractivity contribution < 1.29 is 80.2 Å². The fourth-order valence-electron chi connectivity index (χ4n) is 9.93. The number of unbranched alkanes of at least 4 members (excludes halogenated alkanes) is 29. The number of ether oxygens (including phenoxy) is 4. The van der Waals surface area contributed by atoms with E-state index < -0.39 is 97.5 Å². The Bertz CT molecular complexity index is 1720. The Morgan fingerprint density at radius 2 is 0.558 bits per heavy atom. The maximum atomic E-state index is 13.0. The van der Waals surface area contributed by atoms with E-state index in [2.05, 4.69) is 55.4 Å². The summed E-state index contributed by atoms with van der Waals surface area (Å²) in [5.74, 6) is 0.741. The number of rotatable bonds is 64. The molecule has 0 aliphatic heterocycles. The number of hydrogen-bond donors (Lipinski definition) is 3. The molecule has 0 radical (unpaired) electrons. The van der Waals surface area contributed by atoms with Gasteiger partial charge in [-0.05, 0) is 49.4 Å². The number of esters is 4. The predicted octanol–water partition coefficient (Wildman–Crippen LogP) is 18.5. The Balaban J connectivity index is 5.19. The molecular formula is C67H130O17P2. The highest BCUT2D eigenvalue weighted by Crippen LogP contribution is 2.45. The fraction of sp³-hybridized carbons (Fsp3) is 0.940. The van der Waals surface area contributed by atoms with Crippen LogP contribution in [0.3, 0.4) is 0 Å². The van der Waals surface area contributed by atoms with Gasteiger partial charge in [0.15, 0.2) is 12.2 Å². The molecule has 0 amide bonds. The topological polar surface area (TPSA) is 237 Å². The molecule has 510 valence electrons. The molecule has 0 saturated carbocycles. The molecule has 3 N–H and O–H groups in total. The van der Waals surface area contributed by atoms with Crippen LogP contribution in [0.25, 0.3) is 0 Å². The Labute approximate surface area is 524 Å². The standard InChI is InChI=1S/C67H130O17P2/c1-9-60(8)46-38-30-23-26-32-40-48-65(70)78-54-63(84-67(72)50-42-34-25-22-29-37-45-59(6)7)56-82-86(75,76)80-52-61(68)51-79-85(73,74)81-55-62(53-77-64(69)47-39-31-24-21-28-36-44-58(4)5)83-66(71)49-41-33-20-18-16-14-12-10-11-13-15-17-19-27-35-43-57(2)3/h57-63,68H,9-56H2,1-8H3,(H,73,74)(H,75,76)/t60?,61-,62-,63-/m1/s1. The second kappa shape index (κ2) is 57.0. The molecule has 0 aromatic rings. The Kier molecular flexibility index (Phi) is 55.7. The second-order valence-electron chi connectivity index (χ2n) is 25.9. The SMILES string of the molecule is CCC(C)CCCCCCCCC(=O)OC[C@H](COP(=O)(O)OC[C@H](O)COP(=O)(O)OC[C@@H](COC(=O)CCCCCCCCC(C)C)OC(=O)CCCCCCCCCCCCCCCCCC(C)C)OC(=O)CCCCCCCCC(C)C. The molecule has 0 saturated heterocycles. The lowest BCUT2D eigenvalue weighted by molar-refractivity contribution is -0.161. The summed E-state index contributed by atoms with van der Waals surface area (Å²) in [5.41, 5.74) is 0. The van der Waals surface area contributed by atoms with Crippen LogP contribution >= 0.6 is 15.6 Å². The van der Waals surface area contributed by atoms with Crippen molar-refractivity contribution in [3.63, 3.8) is 0 Å².